The van der Waals surface area contributed by atoms with Crippen molar-refractivity contribution in [3.8, 4) is 11.3 Å². The van der Waals surface area contributed by atoms with Gasteiger partial charge in [-0.1, -0.05) is 42.5 Å². The summed E-state index contributed by atoms with van der Waals surface area (Å²) in [5.74, 6) is -0.420. The standard InChI is InChI=1S/C20H18N4O2/c21-20(26)15-8-4-7-14(9-15)19-16-10-18(25)24(12-17(16)22-23-19)11-13-5-2-1-3-6-13/h1-9H,10-12H2,(H2,21,26)(H,22,23). The van der Waals surface area contributed by atoms with Crippen LogP contribution in [0.2, 0.25) is 0 Å². The molecular formula is C20H18N4O2. The SMILES string of the molecule is NC(=O)c1cccc(-c2n[nH]c3c2CC(=O)N(Cc2ccccc2)C3)c1. The first-order valence-electron chi connectivity index (χ1n) is 8.40. The van der Waals surface area contributed by atoms with Gasteiger partial charge < -0.3 is 10.6 Å². The first-order chi connectivity index (χ1) is 12.6. The molecule has 6 heteroatoms. The van der Waals surface area contributed by atoms with Gasteiger partial charge in [0.05, 0.1) is 24.4 Å². The van der Waals surface area contributed by atoms with Gasteiger partial charge in [0.15, 0.2) is 0 Å². The Balaban J connectivity index is 1.62. The van der Waals surface area contributed by atoms with Crippen LogP contribution in [-0.2, 0) is 24.3 Å². The van der Waals surface area contributed by atoms with Crippen LogP contribution in [0, 0.1) is 0 Å². The van der Waals surface area contributed by atoms with Crippen LogP contribution >= 0.6 is 0 Å². The number of aromatic amines is 1. The highest BCUT2D eigenvalue weighted by Gasteiger charge is 2.28. The average molecular weight is 346 g/mol. The number of nitrogens with zero attached hydrogens (tertiary/aromatic N) is 2. The number of hydrogen-bond donors (Lipinski definition) is 2. The number of fused-ring (bicyclic) bond motifs is 1. The van der Waals surface area contributed by atoms with Crippen molar-refractivity contribution in [1.82, 2.24) is 15.1 Å². The van der Waals surface area contributed by atoms with Crippen LogP contribution in [0.25, 0.3) is 11.3 Å². The third kappa shape index (κ3) is 2.97. The second kappa shape index (κ2) is 6.48. The van der Waals surface area contributed by atoms with Crippen LogP contribution in [0.3, 0.4) is 0 Å². The maximum Gasteiger partial charge on any atom is 0.248 e. The molecule has 0 bridgehead atoms. The van der Waals surface area contributed by atoms with Gasteiger partial charge in [0, 0.05) is 23.2 Å². The van der Waals surface area contributed by atoms with Crippen molar-refractivity contribution in [1.29, 1.82) is 0 Å². The fourth-order valence-corrected chi connectivity index (χ4v) is 3.27. The Bertz CT molecular complexity index is 978. The number of primary amides is 1. The topological polar surface area (TPSA) is 92.1 Å². The molecule has 0 atom stereocenters. The molecule has 0 fully saturated rings. The predicted octanol–water partition coefficient (Wildman–Crippen LogP) is 2.26. The molecular weight excluding hydrogens is 328 g/mol. The molecule has 2 aromatic carbocycles. The minimum absolute atomic E-state index is 0.0649. The highest BCUT2D eigenvalue weighted by atomic mass is 16.2. The number of benzene rings is 2. The molecule has 130 valence electrons. The summed E-state index contributed by atoms with van der Waals surface area (Å²) >= 11 is 0. The largest absolute Gasteiger partial charge is 0.366 e. The summed E-state index contributed by atoms with van der Waals surface area (Å²) in [6.07, 6.45) is 0.287. The van der Waals surface area contributed by atoms with Crippen LogP contribution in [0.15, 0.2) is 54.6 Å². The molecule has 0 aliphatic carbocycles. The highest BCUT2D eigenvalue weighted by Crippen LogP contribution is 2.29. The molecule has 3 N–H and O–H groups in total. The number of amides is 2. The highest BCUT2D eigenvalue weighted by molar-refractivity contribution is 5.94. The van der Waals surface area contributed by atoms with Gasteiger partial charge in [0.25, 0.3) is 0 Å². The lowest BCUT2D eigenvalue weighted by Crippen LogP contribution is -2.35. The Morgan fingerprint density at radius 3 is 2.73 bits per heavy atom. The van der Waals surface area contributed by atoms with E-state index in [0.717, 1.165) is 22.4 Å². The summed E-state index contributed by atoms with van der Waals surface area (Å²) in [4.78, 5) is 25.9. The molecule has 0 radical (unpaired) electrons. The summed E-state index contributed by atoms with van der Waals surface area (Å²) < 4.78 is 0. The summed E-state index contributed by atoms with van der Waals surface area (Å²) in [6, 6.07) is 16.9. The van der Waals surface area contributed by atoms with E-state index in [-0.39, 0.29) is 12.3 Å². The number of aromatic nitrogens is 2. The zero-order valence-electron chi connectivity index (χ0n) is 14.1. The van der Waals surface area contributed by atoms with Gasteiger partial charge in [0.2, 0.25) is 11.8 Å². The normalized spacial score (nSPS) is 13.5. The molecule has 0 saturated carbocycles. The average Bonchev–Trinajstić information content (AvgIpc) is 3.05. The van der Waals surface area contributed by atoms with Gasteiger partial charge in [-0.3, -0.25) is 14.7 Å². The van der Waals surface area contributed by atoms with E-state index in [1.165, 1.54) is 0 Å². The van der Waals surface area contributed by atoms with Crippen molar-refractivity contribution in [2.45, 2.75) is 19.5 Å². The lowest BCUT2D eigenvalue weighted by molar-refractivity contribution is -0.132. The molecule has 0 saturated heterocycles. The van der Waals surface area contributed by atoms with Crippen LogP contribution in [0.1, 0.15) is 27.2 Å². The summed E-state index contributed by atoms with van der Waals surface area (Å²) in [5, 5.41) is 7.44. The molecule has 4 rings (SSSR count). The van der Waals surface area contributed by atoms with E-state index in [4.69, 9.17) is 5.73 Å². The monoisotopic (exact) mass is 346 g/mol. The number of hydrogen-bond acceptors (Lipinski definition) is 3. The molecule has 0 spiro atoms. The number of carbonyl (C=O) groups is 2. The van der Waals surface area contributed by atoms with Crippen LogP contribution < -0.4 is 5.73 Å². The van der Waals surface area contributed by atoms with Gasteiger partial charge in [-0.15, -0.1) is 0 Å². The van der Waals surface area contributed by atoms with Crippen molar-refractivity contribution in [2.24, 2.45) is 5.73 Å². The summed E-state index contributed by atoms with van der Waals surface area (Å²) in [5.41, 5.74) is 10.2. The number of nitrogens with one attached hydrogen (secondary N) is 1. The van der Waals surface area contributed by atoms with Crippen LogP contribution in [0.4, 0.5) is 0 Å². The zero-order chi connectivity index (χ0) is 18.1. The van der Waals surface area contributed by atoms with Crippen molar-refractivity contribution in [3.63, 3.8) is 0 Å². The number of rotatable bonds is 4. The van der Waals surface area contributed by atoms with E-state index in [2.05, 4.69) is 10.2 Å². The molecule has 1 aliphatic rings. The fourth-order valence-electron chi connectivity index (χ4n) is 3.27. The van der Waals surface area contributed by atoms with E-state index >= 15 is 0 Å². The fraction of sp³-hybridized carbons (Fsp3) is 0.150. The van der Waals surface area contributed by atoms with Crippen molar-refractivity contribution in [2.75, 3.05) is 0 Å². The lowest BCUT2D eigenvalue weighted by atomic mass is 9.98. The van der Waals surface area contributed by atoms with Crippen molar-refractivity contribution < 1.29 is 9.59 Å². The number of nitrogens with two attached hydrogens (primary N) is 1. The molecule has 2 heterocycles. The molecule has 0 unspecified atom stereocenters. The summed E-state index contributed by atoms with van der Waals surface area (Å²) in [7, 11) is 0. The third-order valence-electron chi connectivity index (χ3n) is 4.62. The van der Waals surface area contributed by atoms with Crippen LogP contribution in [-0.4, -0.2) is 26.9 Å². The van der Waals surface area contributed by atoms with Crippen molar-refractivity contribution in [3.05, 3.63) is 77.0 Å². The minimum atomic E-state index is -0.485. The zero-order valence-corrected chi connectivity index (χ0v) is 14.1. The molecule has 26 heavy (non-hydrogen) atoms. The van der Waals surface area contributed by atoms with E-state index < -0.39 is 5.91 Å². The molecule has 1 aliphatic heterocycles. The first-order valence-corrected chi connectivity index (χ1v) is 8.40. The molecule has 2 amide bonds. The molecule has 6 nitrogen and oxygen atoms in total. The van der Waals surface area contributed by atoms with Crippen LogP contribution in [0.5, 0.6) is 0 Å². The number of carbonyl (C=O) groups excluding carboxylic acids is 2. The third-order valence-corrected chi connectivity index (χ3v) is 4.62. The minimum Gasteiger partial charge on any atom is -0.366 e. The molecule has 1 aromatic heterocycles. The maximum atomic E-state index is 12.6. The van der Waals surface area contributed by atoms with Gasteiger partial charge in [-0.2, -0.15) is 5.10 Å². The smallest absolute Gasteiger partial charge is 0.248 e. The Labute approximate surface area is 150 Å². The Hall–Kier alpha value is -3.41. The second-order valence-electron chi connectivity index (χ2n) is 6.39. The van der Waals surface area contributed by atoms with Gasteiger partial charge in [-0.05, 0) is 17.7 Å². The van der Waals surface area contributed by atoms with Crippen molar-refractivity contribution >= 4 is 11.8 Å². The molecule has 3 aromatic rings. The Kier molecular flexibility index (Phi) is 4.01. The van der Waals surface area contributed by atoms with E-state index in [9.17, 15) is 9.59 Å². The van der Waals surface area contributed by atoms with E-state index in [0.29, 0.717) is 24.3 Å². The lowest BCUT2D eigenvalue weighted by Gasteiger charge is -2.27. The van der Waals surface area contributed by atoms with Gasteiger partial charge >= 0.3 is 0 Å². The maximum absolute atomic E-state index is 12.6. The summed E-state index contributed by atoms with van der Waals surface area (Å²) in [6.45, 7) is 1.07. The van der Waals surface area contributed by atoms with Gasteiger partial charge in [-0.25, -0.2) is 0 Å². The Morgan fingerprint density at radius 1 is 1.15 bits per heavy atom. The Morgan fingerprint density at radius 2 is 1.96 bits per heavy atom. The van der Waals surface area contributed by atoms with E-state index in [1.807, 2.05) is 41.3 Å². The first kappa shape index (κ1) is 16.1. The second-order valence-corrected chi connectivity index (χ2v) is 6.39. The number of H-pyrrole nitrogens is 1. The van der Waals surface area contributed by atoms with E-state index in [1.54, 1.807) is 18.2 Å². The predicted molar refractivity (Wildman–Crippen MR) is 96.9 cm³/mol. The quantitative estimate of drug-likeness (QED) is 0.759. The van der Waals surface area contributed by atoms with Gasteiger partial charge in [0.1, 0.15) is 0 Å².